The second-order valence-electron chi connectivity index (χ2n) is 7.34. The van der Waals surface area contributed by atoms with Gasteiger partial charge in [0.2, 0.25) is 5.69 Å². The highest BCUT2D eigenvalue weighted by molar-refractivity contribution is 6.02. The SMILES string of the molecule is Cc1cccc(Cn2c(=O)c(C(=O)Nc3ccc(F)cc3)nn(-c3ccccc3F)c2=O)c1. The summed E-state index contributed by atoms with van der Waals surface area (Å²) < 4.78 is 29.1. The fourth-order valence-electron chi connectivity index (χ4n) is 3.29. The maximum atomic E-state index is 14.5. The van der Waals surface area contributed by atoms with Crippen molar-refractivity contribution < 1.29 is 13.6 Å². The van der Waals surface area contributed by atoms with Crippen LogP contribution in [0.1, 0.15) is 21.6 Å². The second kappa shape index (κ2) is 8.99. The van der Waals surface area contributed by atoms with Crippen LogP contribution in [0.3, 0.4) is 0 Å². The molecule has 0 spiro atoms. The lowest BCUT2D eigenvalue weighted by Gasteiger charge is -2.13. The summed E-state index contributed by atoms with van der Waals surface area (Å²) in [6.45, 7) is 1.71. The third kappa shape index (κ3) is 4.62. The van der Waals surface area contributed by atoms with Gasteiger partial charge >= 0.3 is 5.69 Å². The van der Waals surface area contributed by atoms with E-state index >= 15 is 0 Å². The van der Waals surface area contributed by atoms with Crippen LogP contribution < -0.4 is 16.6 Å². The Kier molecular flexibility index (Phi) is 5.95. The summed E-state index contributed by atoms with van der Waals surface area (Å²) in [5.41, 5.74) is -0.884. The highest BCUT2D eigenvalue weighted by Gasteiger charge is 2.22. The number of nitrogens with one attached hydrogen (secondary N) is 1. The molecule has 1 heterocycles. The number of carbonyl (C=O) groups excluding carboxylic acids is 1. The van der Waals surface area contributed by atoms with Crippen molar-refractivity contribution in [3.05, 3.63) is 122 Å². The van der Waals surface area contributed by atoms with Crippen LogP contribution >= 0.6 is 0 Å². The van der Waals surface area contributed by atoms with E-state index in [-0.39, 0.29) is 17.9 Å². The molecule has 0 fully saturated rings. The Morgan fingerprint density at radius 1 is 0.970 bits per heavy atom. The van der Waals surface area contributed by atoms with Gasteiger partial charge in [0.1, 0.15) is 17.3 Å². The lowest BCUT2D eigenvalue weighted by atomic mass is 10.1. The number of para-hydroxylation sites is 1. The van der Waals surface area contributed by atoms with Crippen molar-refractivity contribution in [2.45, 2.75) is 13.5 Å². The summed E-state index contributed by atoms with van der Waals surface area (Å²) in [7, 11) is 0. The summed E-state index contributed by atoms with van der Waals surface area (Å²) in [5, 5.41) is 6.33. The minimum absolute atomic E-state index is 0.146. The van der Waals surface area contributed by atoms with Crippen molar-refractivity contribution in [1.82, 2.24) is 14.3 Å². The number of aromatic nitrogens is 3. The van der Waals surface area contributed by atoms with E-state index in [0.29, 0.717) is 10.2 Å². The highest BCUT2D eigenvalue weighted by Crippen LogP contribution is 2.12. The van der Waals surface area contributed by atoms with Crippen LogP contribution in [0.5, 0.6) is 0 Å². The molecular formula is C24H18F2N4O3. The smallest absolute Gasteiger partial charge is 0.320 e. The number of anilines is 1. The number of hydrogen-bond acceptors (Lipinski definition) is 4. The van der Waals surface area contributed by atoms with Crippen LogP contribution in [0.15, 0.2) is 82.4 Å². The van der Waals surface area contributed by atoms with Crippen molar-refractivity contribution >= 4 is 11.6 Å². The first-order valence-corrected chi connectivity index (χ1v) is 9.95. The quantitative estimate of drug-likeness (QED) is 0.508. The average molecular weight is 448 g/mol. The predicted octanol–water partition coefficient (Wildman–Crippen LogP) is 3.28. The van der Waals surface area contributed by atoms with Crippen LogP contribution in [0.25, 0.3) is 5.69 Å². The maximum Gasteiger partial charge on any atom is 0.352 e. The molecule has 1 aromatic heterocycles. The molecule has 0 bridgehead atoms. The molecule has 0 saturated heterocycles. The zero-order valence-electron chi connectivity index (χ0n) is 17.5. The molecule has 0 aliphatic heterocycles. The molecule has 0 aliphatic carbocycles. The normalized spacial score (nSPS) is 10.8. The molecule has 4 aromatic rings. The summed E-state index contributed by atoms with van der Waals surface area (Å²) in [6, 6.07) is 17.4. The van der Waals surface area contributed by atoms with E-state index in [9.17, 15) is 23.2 Å². The van der Waals surface area contributed by atoms with Crippen molar-refractivity contribution in [1.29, 1.82) is 0 Å². The zero-order chi connectivity index (χ0) is 23.5. The molecule has 7 nitrogen and oxygen atoms in total. The van der Waals surface area contributed by atoms with E-state index in [1.165, 1.54) is 30.3 Å². The molecule has 9 heteroatoms. The van der Waals surface area contributed by atoms with Crippen molar-refractivity contribution in [2.24, 2.45) is 0 Å². The predicted molar refractivity (Wildman–Crippen MR) is 119 cm³/mol. The number of rotatable bonds is 5. The summed E-state index contributed by atoms with van der Waals surface area (Å²) in [6.07, 6.45) is 0. The summed E-state index contributed by atoms with van der Waals surface area (Å²) in [5.74, 6) is -2.17. The molecule has 3 aromatic carbocycles. The molecule has 0 aliphatic rings. The fraction of sp³-hybridized carbons (Fsp3) is 0.0833. The molecule has 33 heavy (non-hydrogen) atoms. The van der Waals surface area contributed by atoms with Crippen molar-refractivity contribution in [3.63, 3.8) is 0 Å². The van der Waals surface area contributed by atoms with Gasteiger partial charge < -0.3 is 5.32 Å². The van der Waals surface area contributed by atoms with Gasteiger partial charge in [-0.1, -0.05) is 42.0 Å². The highest BCUT2D eigenvalue weighted by atomic mass is 19.1. The van der Waals surface area contributed by atoms with E-state index in [4.69, 9.17) is 0 Å². The second-order valence-corrected chi connectivity index (χ2v) is 7.34. The van der Waals surface area contributed by atoms with E-state index in [1.807, 2.05) is 13.0 Å². The largest absolute Gasteiger partial charge is 0.352 e. The summed E-state index contributed by atoms with van der Waals surface area (Å²) >= 11 is 0. The maximum absolute atomic E-state index is 14.5. The first-order valence-electron chi connectivity index (χ1n) is 9.95. The average Bonchev–Trinajstić information content (AvgIpc) is 2.79. The minimum Gasteiger partial charge on any atom is -0.320 e. The molecular weight excluding hydrogens is 430 g/mol. The third-order valence-electron chi connectivity index (χ3n) is 4.88. The third-order valence-corrected chi connectivity index (χ3v) is 4.88. The Morgan fingerprint density at radius 3 is 2.39 bits per heavy atom. The van der Waals surface area contributed by atoms with Gasteiger partial charge in [-0.25, -0.2) is 13.6 Å². The molecule has 0 unspecified atom stereocenters. The lowest BCUT2D eigenvalue weighted by Crippen LogP contribution is -2.45. The van der Waals surface area contributed by atoms with Gasteiger partial charge in [-0.05, 0) is 48.9 Å². The van der Waals surface area contributed by atoms with E-state index in [1.54, 1.807) is 18.2 Å². The number of hydrogen-bond donors (Lipinski definition) is 1. The first kappa shape index (κ1) is 21.8. The van der Waals surface area contributed by atoms with Gasteiger partial charge in [-0.15, -0.1) is 0 Å². The van der Waals surface area contributed by atoms with E-state index in [2.05, 4.69) is 10.4 Å². The Hall–Kier alpha value is -4.40. The van der Waals surface area contributed by atoms with Gasteiger partial charge in [0.15, 0.2) is 0 Å². The molecule has 0 saturated carbocycles. The topological polar surface area (TPSA) is 86.0 Å². The van der Waals surface area contributed by atoms with E-state index < -0.39 is 34.5 Å². The molecule has 4 rings (SSSR count). The fourth-order valence-corrected chi connectivity index (χ4v) is 3.29. The molecule has 0 radical (unpaired) electrons. The van der Waals surface area contributed by atoms with Gasteiger partial charge in [-0.3, -0.25) is 14.2 Å². The number of nitrogens with zero attached hydrogens (tertiary/aromatic N) is 3. The Labute approximate surface area is 186 Å². The zero-order valence-corrected chi connectivity index (χ0v) is 17.5. The summed E-state index contributed by atoms with van der Waals surface area (Å²) in [4.78, 5) is 39.1. The monoisotopic (exact) mass is 448 g/mol. The van der Waals surface area contributed by atoms with Crippen molar-refractivity contribution in [2.75, 3.05) is 5.32 Å². The Bertz CT molecular complexity index is 1460. The van der Waals surface area contributed by atoms with Crippen LogP contribution in [0, 0.1) is 18.6 Å². The first-order chi connectivity index (χ1) is 15.8. The van der Waals surface area contributed by atoms with Crippen LogP contribution in [0.2, 0.25) is 0 Å². The standard InChI is InChI=1S/C24H18F2N4O3/c1-15-5-4-6-16(13-15)14-29-23(32)21(22(31)27-18-11-9-17(25)10-12-18)28-30(24(29)33)20-8-3-2-7-19(20)26/h2-13H,14H2,1H3,(H,27,31). The van der Waals surface area contributed by atoms with Crippen LogP contribution in [-0.2, 0) is 6.54 Å². The number of amides is 1. The van der Waals surface area contributed by atoms with Crippen LogP contribution in [-0.4, -0.2) is 20.3 Å². The Morgan fingerprint density at radius 2 is 1.70 bits per heavy atom. The lowest BCUT2D eigenvalue weighted by molar-refractivity contribution is 0.101. The van der Waals surface area contributed by atoms with Crippen LogP contribution in [0.4, 0.5) is 14.5 Å². The molecule has 1 amide bonds. The molecule has 0 atom stereocenters. The van der Waals surface area contributed by atoms with Gasteiger partial charge in [-0.2, -0.15) is 9.78 Å². The number of carbonyl (C=O) groups is 1. The number of benzene rings is 3. The van der Waals surface area contributed by atoms with Gasteiger partial charge in [0, 0.05) is 5.69 Å². The van der Waals surface area contributed by atoms with E-state index in [0.717, 1.165) is 28.3 Å². The Balaban J connectivity index is 1.86. The van der Waals surface area contributed by atoms with Gasteiger partial charge in [0.05, 0.1) is 6.54 Å². The van der Waals surface area contributed by atoms with Crippen molar-refractivity contribution in [3.8, 4) is 5.69 Å². The minimum atomic E-state index is -0.936. The number of aryl methyl sites for hydroxylation is 1. The number of halogens is 2. The van der Waals surface area contributed by atoms with Gasteiger partial charge in [0.25, 0.3) is 11.5 Å². The molecule has 1 N–H and O–H groups in total. The molecule has 166 valence electrons.